The van der Waals surface area contributed by atoms with Gasteiger partial charge in [-0.1, -0.05) is 12.2 Å². The summed E-state index contributed by atoms with van der Waals surface area (Å²) in [5, 5.41) is 4.48. The normalized spacial score (nSPS) is 21.6. The molecule has 0 saturated carbocycles. The lowest BCUT2D eigenvalue weighted by Gasteiger charge is -2.14. The number of hydrogen-bond donors (Lipinski definition) is 2. The molecular weight excluding hydrogens is 342 g/mol. The number of fused-ring (bicyclic) bond motifs is 1. The van der Waals surface area contributed by atoms with Gasteiger partial charge in [-0.2, -0.15) is 0 Å². The van der Waals surface area contributed by atoms with E-state index in [0.29, 0.717) is 12.8 Å². The van der Waals surface area contributed by atoms with Crippen LogP contribution in [0.3, 0.4) is 0 Å². The summed E-state index contributed by atoms with van der Waals surface area (Å²) in [6.45, 7) is 2.79. The third-order valence-electron chi connectivity index (χ3n) is 4.18. The predicted octanol–water partition coefficient (Wildman–Crippen LogP) is 0.105. The van der Waals surface area contributed by atoms with E-state index in [1.54, 1.807) is 13.8 Å². The zero-order chi connectivity index (χ0) is 19.3. The van der Waals surface area contributed by atoms with Gasteiger partial charge < -0.3 is 10.1 Å². The van der Waals surface area contributed by atoms with Gasteiger partial charge in [-0.15, -0.1) is 0 Å². The van der Waals surface area contributed by atoms with Gasteiger partial charge in [0.15, 0.2) is 6.61 Å². The van der Waals surface area contributed by atoms with Crippen molar-refractivity contribution >= 4 is 29.7 Å². The van der Waals surface area contributed by atoms with Gasteiger partial charge >= 0.3 is 12.0 Å². The van der Waals surface area contributed by atoms with E-state index in [-0.39, 0.29) is 42.7 Å². The largest absolute Gasteiger partial charge is 0.456 e. The van der Waals surface area contributed by atoms with Crippen LogP contribution in [0.5, 0.6) is 0 Å². The summed E-state index contributed by atoms with van der Waals surface area (Å²) in [7, 11) is 0. The molecule has 26 heavy (non-hydrogen) atoms. The molecule has 0 aromatic rings. The maximum absolute atomic E-state index is 12.2. The average molecular weight is 365 g/mol. The first-order valence-electron chi connectivity index (χ1n) is 8.55. The van der Waals surface area contributed by atoms with Crippen LogP contribution >= 0.6 is 0 Å². The molecule has 9 heteroatoms. The Morgan fingerprint density at radius 2 is 1.73 bits per heavy atom. The molecule has 1 aliphatic heterocycles. The number of amides is 5. The van der Waals surface area contributed by atoms with Crippen molar-refractivity contribution in [3.8, 4) is 0 Å². The molecule has 1 saturated heterocycles. The zero-order valence-corrected chi connectivity index (χ0v) is 14.8. The number of hydrogen-bond acceptors (Lipinski definition) is 6. The van der Waals surface area contributed by atoms with Crippen molar-refractivity contribution in [3.05, 3.63) is 12.2 Å². The molecule has 9 nitrogen and oxygen atoms in total. The fourth-order valence-electron chi connectivity index (χ4n) is 2.97. The topological polar surface area (TPSA) is 122 Å². The molecule has 0 unspecified atom stereocenters. The summed E-state index contributed by atoms with van der Waals surface area (Å²) >= 11 is 0. The Hall–Kier alpha value is -2.71. The van der Waals surface area contributed by atoms with E-state index in [9.17, 15) is 24.0 Å². The molecule has 0 radical (unpaired) electrons. The van der Waals surface area contributed by atoms with E-state index in [2.05, 4.69) is 5.32 Å². The van der Waals surface area contributed by atoms with Gasteiger partial charge in [-0.25, -0.2) is 4.79 Å². The standard InChI is InChI=1S/C17H23N3O6/c1-10(2)18-17(25)19-13(21)9-26-14(22)7-8-20-15(23)11-5-3-4-6-12(11)16(20)24/h3-4,10-12H,5-9H2,1-2H3,(H2,18,19,21,25)/t11-,12-/m1/s1. The second kappa shape index (κ2) is 8.59. The maximum atomic E-state index is 12.2. The Morgan fingerprint density at radius 1 is 1.15 bits per heavy atom. The fourth-order valence-corrected chi connectivity index (χ4v) is 2.97. The first-order valence-corrected chi connectivity index (χ1v) is 8.55. The van der Waals surface area contributed by atoms with E-state index in [1.165, 1.54) is 0 Å². The monoisotopic (exact) mass is 365 g/mol. The van der Waals surface area contributed by atoms with Crippen molar-refractivity contribution in [2.24, 2.45) is 11.8 Å². The number of esters is 1. The lowest BCUT2D eigenvalue weighted by Crippen LogP contribution is -2.44. The van der Waals surface area contributed by atoms with Gasteiger partial charge in [0, 0.05) is 12.6 Å². The van der Waals surface area contributed by atoms with Crippen molar-refractivity contribution in [1.29, 1.82) is 0 Å². The second-order valence-electron chi connectivity index (χ2n) is 6.57. The van der Waals surface area contributed by atoms with Gasteiger partial charge in [0.05, 0.1) is 18.3 Å². The van der Waals surface area contributed by atoms with Crippen LogP contribution < -0.4 is 10.6 Å². The highest BCUT2D eigenvalue weighted by molar-refractivity contribution is 6.05. The summed E-state index contributed by atoms with van der Waals surface area (Å²) in [5.41, 5.74) is 0. The molecule has 2 rings (SSSR count). The number of likely N-dealkylation sites (tertiary alicyclic amines) is 1. The van der Waals surface area contributed by atoms with Crippen LogP contribution in [0.25, 0.3) is 0 Å². The van der Waals surface area contributed by atoms with Crippen LogP contribution in [-0.4, -0.2) is 53.8 Å². The van der Waals surface area contributed by atoms with Gasteiger partial charge in [0.1, 0.15) is 0 Å². The quantitative estimate of drug-likeness (QED) is 0.391. The molecular formula is C17H23N3O6. The first kappa shape index (κ1) is 19.6. The predicted molar refractivity (Wildman–Crippen MR) is 89.5 cm³/mol. The fraction of sp³-hybridized carbons (Fsp3) is 0.588. The van der Waals surface area contributed by atoms with Crippen molar-refractivity contribution in [3.63, 3.8) is 0 Å². The molecule has 2 aliphatic rings. The first-order chi connectivity index (χ1) is 12.3. The minimum atomic E-state index is -0.762. The van der Waals surface area contributed by atoms with Gasteiger partial charge in [-0.05, 0) is 26.7 Å². The number of nitrogens with zero attached hydrogens (tertiary/aromatic N) is 1. The molecule has 5 amide bonds. The number of allylic oxidation sites excluding steroid dienone is 2. The van der Waals surface area contributed by atoms with E-state index in [0.717, 1.165) is 4.90 Å². The Kier molecular flexibility index (Phi) is 6.48. The number of carbonyl (C=O) groups excluding carboxylic acids is 5. The summed E-state index contributed by atoms with van der Waals surface area (Å²) in [5.74, 6) is -2.69. The Bertz CT molecular complexity index is 616. The van der Waals surface area contributed by atoms with E-state index >= 15 is 0 Å². The van der Waals surface area contributed by atoms with E-state index in [4.69, 9.17) is 4.74 Å². The van der Waals surface area contributed by atoms with Gasteiger partial charge in [-0.3, -0.25) is 29.4 Å². The molecule has 2 N–H and O–H groups in total. The highest BCUT2D eigenvalue weighted by atomic mass is 16.5. The number of urea groups is 1. The van der Waals surface area contributed by atoms with Crippen LogP contribution in [0.4, 0.5) is 4.79 Å². The minimum absolute atomic E-state index is 0.0705. The molecule has 1 heterocycles. The summed E-state index contributed by atoms with van der Waals surface area (Å²) in [4.78, 5) is 60.2. The second-order valence-corrected chi connectivity index (χ2v) is 6.57. The smallest absolute Gasteiger partial charge is 0.321 e. The Morgan fingerprint density at radius 3 is 2.27 bits per heavy atom. The lowest BCUT2D eigenvalue weighted by molar-refractivity contribution is -0.149. The van der Waals surface area contributed by atoms with Crippen molar-refractivity contribution in [2.45, 2.75) is 39.2 Å². The van der Waals surface area contributed by atoms with Crippen molar-refractivity contribution in [2.75, 3.05) is 13.2 Å². The summed E-state index contributed by atoms with van der Waals surface area (Å²) in [6, 6.07) is -0.815. The van der Waals surface area contributed by atoms with E-state index in [1.807, 2.05) is 17.5 Å². The zero-order valence-electron chi connectivity index (χ0n) is 14.8. The molecule has 1 fully saturated rings. The number of rotatable bonds is 6. The molecule has 1 aliphatic carbocycles. The summed E-state index contributed by atoms with van der Waals surface area (Å²) < 4.78 is 4.77. The maximum Gasteiger partial charge on any atom is 0.321 e. The van der Waals surface area contributed by atoms with Crippen LogP contribution in [0.1, 0.15) is 33.1 Å². The number of imide groups is 2. The van der Waals surface area contributed by atoms with Crippen LogP contribution in [0.15, 0.2) is 12.2 Å². The van der Waals surface area contributed by atoms with Crippen molar-refractivity contribution in [1.82, 2.24) is 15.5 Å². The Labute approximate surface area is 151 Å². The average Bonchev–Trinajstić information content (AvgIpc) is 2.82. The highest BCUT2D eigenvalue weighted by Crippen LogP contribution is 2.34. The van der Waals surface area contributed by atoms with Gasteiger partial charge in [0.25, 0.3) is 5.91 Å². The van der Waals surface area contributed by atoms with Crippen LogP contribution in [-0.2, 0) is 23.9 Å². The SMILES string of the molecule is CC(C)NC(=O)NC(=O)COC(=O)CCN1C(=O)[C@@H]2CC=CC[C@H]2C1=O. The number of nitrogens with one attached hydrogen (secondary N) is 2. The highest BCUT2D eigenvalue weighted by Gasteiger charge is 2.46. The molecule has 0 spiro atoms. The number of ether oxygens (including phenoxy) is 1. The Balaban J connectivity index is 1.72. The summed E-state index contributed by atoms with van der Waals surface area (Å²) in [6.07, 6.45) is 4.65. The van der Waals surface area contributed by atoms with Gasteiger partial charge in [0.2, 0.25) is 11.8 Å². The molecule has 2 atom stereocenters. The minimum Gasteiger partial charge on any atom is -0.456 e. The molecule has 0 bridgehead atoms. The molecule has 0 aromatic carbocycles. The van der Waals surface area contributed by atoms with Crippen LogP contribution in [0.2, 0.25) is 0 Å². The molecule has 142 valence electrons. The van der Waals surface area contributed by atoms with E-state index < -0.39 is 24.5 Å². The number of carbonyl (C=O) groups is 5. The third-order valence-corrected chi connectivity index (χ3v) is 4.18. The van der Waals surface area contributed by atoms with Crippen molar-refractivity contribution < 1.29 is 28.7 Å². The third kappa shape index (κ3) is 4.90. The lowest BCUT2D eigenvalue weighted by atomic mass is 9.85. The van der Waals surface area contributed by atoms with Crippen LogP contribution in [0, 0.1) is 11.8 Å². The molecule has 0 aromatic heterocycles.